The molecule has 0 aliphatic rings. The first-order valence-corrected chi connectivity index (χ1v) is 7.31. The molecule has 0 bridgehead atoms. The number of nitrogens with zero attached hydrogens (tertiary/aromatic N) is 5. The number of carbonyl (C=O) groups excluding carboxylic acids is 1. The molecule has 0 fully saturated rings. The number of anilines is 1. The van der Waals surface area contributed by atoms with Crippen molar-refractivity contribution in [3.63, 3.8) is 0 Å². The maximum atomic E-state index is 12.1. The van der Waals surface area contributed by atoms with E-state index in [0.29, 0.717) is 24.1 Å². The lowest BCUT2D eigenvalue weighted by Crippen LogP contribution is -2.34. The first kappa shape index (κ1) is 16.7. The summed E-state index contributed by atoms with van der Waals surface area (Å²) in [7, 11) is 0. The fourth-order valence-electron chi connectivity index (χ4n) is 1.58. The summed E-state index contributed by atoms with van der Waals surface area (Å²) >= 11 is 1.19. The Bertz CT molecular complexity index is 539. The quantitative estimate of drug-likeness (QED) is 0.591. The molecule has 0 saturated carbocycles. The van der Waals surface area contributed by atoms with Crippen LogP contribution in [0.1, 0.15) is 18.5 Å². The van der Waals surface area contributed by atoms with Crippen LogP contribution in [0.4, 0.5) is 5.82 Å². The van der Waals surface area contributed by atoms with Crippen molar-refractivity contribution in [3.05, 3.63) is 11.8 Å². The van der Waals surface area contributed by atoms with Crippen LogP contribution in [0.15, 0.2) is 11.2 Å². The zero-order chi connectivity index (χ0) is 15.7. The molecular weight excluding hydrogens is 288 g/mol. The van der Waals surface area contributed by atoms with Crippen LogP contribution in [0.25, 0.3) is 0 Å². The molecule has 1 heterocycles. The van der Waals surface area contributed by atoms with Crippen LogP contribution in [0.3, 0.4) is 0 Å². The van der Waals surface area contributed by atoms with Crippen molar-refractivity contribution in [1.82, 2.24) is 14.9 Å². The molecule has 8 heteroatoms. The van der Waals surface area contributed by atoms with Crippen molar-refractivity contribution in [3.8, 4) is 12.1 Å². The van der Waals surface area contributed by atoms with Gasteiger partial charge in [-0.15, -0.1) is 0 Å². The predicted molar refractivity (Wildman–Crippen MR) is 78.9 cm³/mol. The third-order valence-electron chi connectivity index (χ3n) is 2.52. The van der Waals surface area contributed by atoms with Gasteiger partial charge in [0.25, 0.3) is 0 Å². The Labute approximate surface area is 127 Å². The van der Waals surface area contributed by atoms with Gasteiger partial charge in [0.05, 0.1) is 30.7 Å². The molecule has 0 saturated heterocycles. The molecule has 1 aromatic rings. The second-order valence-corrected chi connectivity index (χ2v) is 5.14. The number of nitriles is 2. The molecule has 0 atom stereocenters. The molecule has 0 aromatic carbocycles. The molecule has 1 rings (SSSR count). The highest BCUT2D eigenvalue weighted by atomic mass is 32.2. The minimum Gasteiger partial charge on any atom is -0.384 e. The van der Waals surface area contributed by atoms with Crippen molar-refractivity contribution in [2.75, 3.05) is 24.6 Å². The van der Waals surface area contributed by atoms with Crippen LogP contribution in [0.5, 0.6) is 0 Å². The Morgan fingerprint density at radius 3 is 2.48 bits per heavy atom. The third-order valence-corrected chi connectivity index (χ3v) is 3.35. The number of carbonyl (C=O) groups is 1. The van der Waals surface area contributed by atoms with E-state index in [-0.39, 0.29) is 24.5 Å². The normalized spacial score (nSPS) is 9.67. The number of hydrogen-bond acceptors (Lipinski definition) is 7. The number of aryl methyl sites for hydroxylation is 1. The molecule has 0 radical (unpaired) electrons. The number of nitrogen functional groups attached to an aromatic ring is 1. The van der Waals surface area contributed by atoms with Crippen LogP contribution < -0.4 is 5.73 Å². The molecule has 2 N–H and O–H groups in total. The van der Waals surface area contributed by atoms with E-state index in [1.54, 1.807) is 13.0 Å². The van der Waals surface area contributed by atoms with E-state index in [2.05, 4.69) is 9.97 Å². The van der Waals surface area contributed by atoms with E-state index in [4.69, 9.17) is 16.3 Å². The monoisotopic (exact) mass is 304 g/mol. The van der Waals surface area contributed by atoms with Crippen LogP contribution in [-0.4, -0.2) is 39.6 Å². The molecule has 0 unspecified atom stereocenters. The second-order valence-electron chi connectivity index (χ2n) is 4.20. The van der Waals surface area contributed by atoms with Gasteiger partial charge in [-0.25, -0.2) is 9.97 Å². The smallest absolute Gasteiger partial charge is 0.233 e. The summed E-state index contributed by atoms with van der Waals surface area (Å²) in [5.41, 5.74) is 6.36. The molecule has 110 valence electrons. The number of rotatable bonds is 7. The molecule has 21 heavy (non-hydrogen) atoms. The van der Waals surface area contributed by atoms with E-state index < -0.39 is 0 Å². The van der Waals surface area contributed by atoms with E-state index in [1.807, 2.05) is 12.1 Å². The molecule has 0 aliphatic carbocycles. The van der Waals surface area contributed by atoms with Crippen molar-refractivity contribution < 1.29 is 4.79 Å². The van der Waals surface area contributed by atoms with Crippen molar-refractivity contribution in [2.45, 2.75) is 24.9 Å². The number of nitrogens with two attached hydrogens (primary N) is 1. The van der Waals surface area contributed by atoms with Gasteiger partial charge in [-0.05, 0) is 6.92 Å². The Balaban J connectivity index is 2.60. The lowest BCUT2D eigenvalue weighted by atomic mass is 10.3. The fourth-order valence-corrected chi connectivity index (χ4v) is 2.39. The minimum absolute atomic E-state index is 0.144. The van der Waals surface area contributed by atoms with Gasteiger partial charge in [-0.2, -0.15) is 10.5 Å². The number of thioether (sulfide) groups is 1. The summed E-state index contributed by atoms with van der Waals surface area (Å²) in [6, 6.07) is 5.64. The minimum atomic E-state index is -0.144. The Kier molecular flexibility index (Phi) is 6.99. The SMILES string of the molecule is Cc1cc(N)nc(SCC(=O)N(CCC#N)CCC#N)n1. The fraction of sp³-hybridized carbons (Fsp3) is 0.462. The summed E-state index contributed by atoms with van der Waals surface area (Å²) in [5, 5.41) is 17.6. The van der Waals surface area contributed by atoms with E-state index in [0.717, 1.165) is 5.69 Å². The van der Waals surface area contributed by atoms with Crippen LogP contribution >= 0.6 is 11.8 Å². The summed E-state index contributed by atoms with van der Waals surface area (Å²) in [5.74, 6) is 0.372. The lowest BCUT2D eigenvalue weighted by molar-refractivity contribution is -0.128. The maximum absolute atomic E-state index is 12.1. The molecule has 1 aromatic heterocycles. The summed E-state index contributed by atoms with van der Waals surface area (Å²) in [6.07, 6.45) is 0.492. The standard InChI is InChI=1S/C13H16N6OS/c1-10-8-11(16)18-13(17-10)21-9-12(20)19(6-2-4-14)7-3-5-15/h8H,2-3,6-7,9H2,1H3,(H2,16,17,18). The maximum Gasteiger partial charge on any atom is 0.233 e. The van der Waals surface area contributed by atoms with E-state index in [1.165, 1.54) is 16.7 Å². The molecular formula is C13H16N6OS. The molecule has 7 nitrogen and oxygen atoms in total. The molecule has 0 spiro atoms. The van der Waals surface area contributed by atoms with Crippen molar-refractivity contribution in [1.29, 1.82) is 10.5 Å². The van der Waals surface area contributed by atoms with Gasteiger partial charge in [0.2, 0.25) is 5.91 Å². The van der Waals surface area contributed by atoms with Gasteiger partial charge >= 0.3 is 0 Å². The van der Waals surface area contributed by atoms with Crippen molar-refractivity contribution >= 4 is 23.5 Å². The van der Waals surface area contributed by atoms with Gasteiger partial charge in [-0.1, -0.05) is 11.8 Å². The Hall–Kier alpha value is -2.32. The van der Waals surface area contributed by atoms with Gasteiger partial charge in [0.1, 0.15) is 5.82 Å². The highest BCUT2D eigenvalue weighted by Gasteiger charge is 2.14. The number of aromatic nitrogens is 2. The zero-order valence-electron chi connectivity index (χ0n) is 11.7. The van der Waals surface area contributed by atoms with Crippen LogP contribution in [-0.2, 0) is 4.79 Å². The highest BCUT2D eigenvalue weighted by molar-refractivity contribution is 7.99. The van der Waals surface area contributed by atoms with Gasteiger partial charge in [0, 0.05) is 24.8 Å². The van der Waals surface area contributed by atoms with Gasteiger partial charge < -0.3 is 10.6 Å². The number of hydrogen-bond donors (Lipinski definition) is 1. The van der Waals surface area contributed by atoms with Gasteiger partial charge in [-0.3, -0.25) is 4.79 Å². The Morgan fingerprint density at radius 2 is 1.95 bits per heavy atom. The predicted octanol–water partition coefficient (Wildman–Crippen LogP) is 1.12. The lowest BCUT2D eigenvalue weighted by Gasteiger charge is -2.19. The number of amides is 1. The summed E-state index contributed by atoms with van der Waals surface area (Å²) in [6.45, 7) is 2.46. The average molecular weight is 304 g/mol. The molecule has 1 amide bonds. The van der Waals surface area contributed by atoms with Crippen LogP contribution in [0, 0.1) is 29.6 Å². The summed E-state index contributed by atoms with van der Waals surface area (Å²) < 4.78 is 0. The van der Waals surface area contributed by atoms with Gasteiger partial charge in [0.15, 0.2) is 5.16 Å². The average Bonchev–Trinajstić information content (AvgIpc) is 2.44. The van der Waals surface area contributed by atoms with E-state index >= 15 is 0 Å². The Morgan fingerprint density at radius 1 is 1.33 bits per heavy atom. The zero-order valence-corrected chi connectivity index (χ0v) is 12.6. The van der Waals surface area contributed by atoms with Crippen LogP contribution in [0.2, 0.25) is 0 Å². The first-order valence-electron chi connectivity index (χ1n) is 6.32. The highest BCUT2D eigenvalue weighted by Crippen LogP contribution is 2.16. The second kappa shape index (κ2) is 8.77. The first-order chi connectivity index (χ1) is 10.1. The molecule has 0 aliphatic heterocycles. The largest absolute Gasteiger partial charge is 0.384 e. The van der Waals surface area contributed by atoms with Crippen molar-refractivity contribution in [2.24, 2.45) is 0 Å². The topological polar surface area (TPSA) is 120 Å². The van der Waals surface area contributed by atoms with E-state index in [9.17, 15) is 4.79 Å². The third kappa shape index (κ3) is 6.11. The summed E-state index contributed by atoms with van der Waals surface area (Å²) in [4.78, 5) is 21.8.